The number of halogens is 3. The van der Waals surface area contributed by atoms with Crippen LogP contribution in [0.3, 0.4) is 0 Å². The van der Waals surface area contributed by atoms with Crippen molar-refractivity contribution in [1.29, 1.82) is 0 Å². The molecule has 140 valence electrons. The molecule has 2 N–H and O–H groups in total. The number of hydrogen-bond acceptors (Lipinski definition) is 3. The number of morpholine rings is 1. The molecule has 1 amide bonds. The minimum Gasteiger partial charge on any atom is -0.463 e. The second kappa shape index (κ2) is 7.92. The smallest absolute Gasteiger partial charge is 0.416 e. The SMILES string of the molecule is O=C(NC[C@@H](c1ccco1)[NH+]1CCOCC1)c1ccc(C(F)(F)F)cc1. The highest BCUT2D eigenvalue weighted by Crippen LogP contribution is 2.29. The van der Waals surface area contributed by atoms with Crippen LogP contribution in [-0.2, 0) is 10.9 Å². The van der Waals surface area contributed by atoms with E-state index in [1.165, 1.54) is 17.0 Å². The largest absolute Gasteiger partial charge is 0.463 e. The van der Waals surface area contributed by atoms with Crippen LogP contribution < -0.4 is 10.2 Å². The van der Waals surface area contributed by atoms with Gasteiger partial charge in [0.1, 0.15) is 13.1 Å². The van der Waals surface area contributed by atoms with E-state index >= 15 is 0 Å². The Kier molecular flexibility index (Phi) is 5.63. The van der Waals surface area contributed by atoms with Crippen LogP contribution in [0.15, 0.2) is 47.1 Å². The molecule has 1 aliphatic heterocycles. The van der Waals surface area contributed by atoms with Crippen molar-refractivity contribution < 1.29 is 32.0 Å². The predicted octanol–water partition coefficient (Wildman–Crippen LogP) is 1.68. The van der Waals surface area contributed by atoms with Gasteiger partial charge in [0.25, 0.3) is 5.91 Å². The first-order valence-electron chi connectivity index (χ1n) is 8.36. The van der Waals surface area contributed by atoms with Crippen molar-refractivity contribution >= 4 is 5.91 Å². The van der Waals surface area contributed by atoms with E-state index in [1.807, 2.05) is 6.07 Å². The molecule has 1 aliphatic rings. The molecule has 1 aromatic carbocycles. The molecule has 0 saturated carbocycles. The summed E-state index contributed by atoms with van der Waals surface area (Å²) in [5.74, 6) is 0.345. The van der Waals surface area contributed by atoms with Gasteiger partial charge < -0.3 is 19.4 Å². The average molecular weight is 369 g/mol. The van der Waals surface area contributed by atoms with E-state index in [9.17, 15) is 18.0 Å². The summed E-state index contributed by atoms with van der Waals surface area (Å²) in [6.45, 7) is 3.19. The van der Waals surface area contributed by atoms with E-state index in [2.05, 4.69) is 5.32 Å². The molecule has 0 unspecified atom stereocenters. The number of rotatable bonds is 5. The van der Waals surface area contributed by atoms with Gasteiger partial charge in [0.15, 0.2) is 11.8 Å². The van der Waals surface area contributed by atoms with Crippen LogP contribution in [0.4, 0.5) is 13.2 Å². The van der Waals surface area contributed by atoms with Crippen molar-refractivity contribution in [2.24, 2.45) is 0 Å². The lowest BCUT2D eigenvalue weighted by Crippen LogP contribution is -3.15. The Morgan fingerprint density at radius 3 is 2.42 bits per heavy atom. The summed E-state index contributed by atoms with van der Waals surface area (Å²) in [5, 5.41) is 2.80. The fourth-order valence-corrected chi connectivity index (χ4v) is 3.03. The number of hydrogen-bond donors (Lipinski definition) is 2. The summed E-state index contributed by atoms with van der Waals surface area (Å²) < 4.78 is 48.7. The van der Waals surface area contributed by atoms with Crippen molar-refractivity contribution in [3.63, 3.8) is 0 Å². The Morgan fingerprint density at radius 1 is 1.15 bits per heavy atom. The number of benzene rings is 1. The highest BCUT2D eigenvalue weighted by molar-refractivity contribution is 5.94. The Bertz CT molecular complexity index is 708. The highest BCUT2D eigenvalue weighted by Gasteiger charge is 2.31. The maximum Gasteiger partial charge on any atom is 0.416 e. The van der Waals surface area contributed by atoms with Gasteiger partial charge in [-0.25, -0.2) is 0 Å². The first-order chi connectivity index (χ1) is 12.4. The lowest BCUT2D eigenvalue weighted by molar-refractivity contribution is -0.938. The monoisotopic (exact) mass is 369 g/mol. The first-order valence-corrected chi connectivity index (χ1v) is 8.36. The molecule has 2 aromatic rings. The zero-order chi connectivity index (χ0) is 18.6. The normalized spacial score (nSPS) is 17.0. The molecular weight excluding hydrogens is 349 g/mol. The molecule has 1 atom stereocenters. The third-order valence-corrected chi connectivity index (χ3v) is 4.46. The van der Waals surface area contributed by atoms with Gasteiger partial charge in [-0.3, -0.25) is 4.79 Å². The number of ether oxygens (including phenoxy) is 1. The summed E-state index contributed by atoms with van der Waals surface area (Å²) >= 11 is 0. The second-order valence-corrected chi connectivity index (χ2v) is 6.12. The number of furan rings is 1. The molecule has 1 fully saturated rings. The topological polar surface area (TPSA) is 55.9 Å². The Morgan fingerprint density at radius 2 is 1.85 bits per heavy atom. The lowest BCUT2D eigenvalue weighted by atomic mass is 10.1. The summed E-state index contributed by atoms with van der Waals surface area (Å²) in [7, 11) is 0. The van der Waals surface area contributed by atoms with Gasteiger partial charge in [-0.15, -0.1) is 0 Å². The number of alkyl halides is 3. The summed E-state index contributed by atoms with van der Waals surface area (Å²) in [4.78, 5) is 13.5. The Labute approximate surface area is 148 Å². The standard InChI is InChI=1S/C18H19F3N2O3/c19-18(20,21)14-5-3-13(4-6-14)17(24)22-12-15(16-2-1-9-26-16)23-7-10-25-11-8-23/h1-6,9,15H,7-8,10-12H2,(H,22,24)/p+1/t15-/m0/s1. The van der Waals surface area contributed by atoms with Crippen molar-refractivity contribution in [3.05, 3.63) is 59.5 Å². The van der Waals surface area contributed by atoms with Crippen LogP contribution in [0.5, 0.6) is 0 Å². The summed E-state index contributed by atoms with van der Waals surface area (Å²) in [5.41, 5.74) is -0.589. The fourth-order valence-electron chi connectivity index (χ4n) is 3.03. The predicted molar refractivity (Wildman–Crippen MR) is 86.7 cm³/mol. The van der Waals surface area contributed by atoms with Crippen molar-refractivity contribution in [1.82, 2.24) is 5.32 Å². The van der Waals surface area contributed by atoms with Crippen molar-refractivity contribution in [2.45, 2.75) is 12.2 Å². The molecule has 5 nitrogen and oxygen atoms in total. The summed E-state index contributed by atoms with van der Waals surface area (Å²) in [6.07, 6.45) is -2.83. The van der Waals surface area contributed by atoms with Crippen molar-refractivity contribution in [2.75, 3.05) is 32.8 Å². The molecule has 0 radical (unpaired) electrons. The van der Waals surface area contributed by atoms with Gasteiger partial charge in [-0.1, -0.05) is 0 Å². The van der Waals surface area contributed by atoms with Crippen LogP contribution in [-0.4, -0.2) is 38.8 Å². The van der Waals surface area contributed by atoms with Gasteiger partial charge in [-0.05, 0) is 36.4 Å². The van der Waals surface area contributed by atoms with Gasteiger partial charge in [0.2, 0.25) is 0 Å². The quantitative estimate of drug-likeness (QED) is 0.843. The van der Waals surface area contributed by atoms with E-state index in [0.29, 0.717) is 19.8 Å². The fraction of sp³-hybridized carbons (Fsp3) is 0.389. The number of amides is 1. The molecule has 2 heterocycles. The minimum absolute atomic E-state index is 0.0766. The molecule has 3 rings (SSSR count). The van der Waals surface area contributed by atoms with Crippen molar-refractivity contribution in [3.8, 4) is 0 Å². The molecular formula is C18H20F3N2O3+. The minimum atomic E-state index is -4.42. The zero-order valence-corrected chi connectivity index (χ0v) is 14.0. The molecule has 0 bridgehead atoms. The van der Waals surface area contributed by atoms with Gasteiger partial charge in [-0.2, -0.15) is 13.2 Å². The maximum absolute atomic E-state index is 12.6. The molecule has 1 saturated heterocycles. The second-order valence-electron chi connectivity index (χ2n) is 6.12. The van der Waals surface area contributed by atoms with E-state index in [4.69, 9.17) is 9.15 Å². The molecule has 0 spiro atoms. The van der Waals surface area contributed by atoms with E-state index in [-0.39, 0.29) is 11.6 Å². The molecule has 8 heteroatoms. The van der Waals surface area contributed by atoms with Gasteiger partial charge in [0.05, 0.1) is 31.6 Å². The van der Waals surface area contributed by atoms with Crippen LogP contribution in [0.1, 0.15) is 27.7 Å². The van der Waals surface area contributed by atoms with E-state index in [0.717, 1.165) is 31.0 Å². The summed E-state index contributed by atoms with van der Waals surface area (Å²) in [6, 6.07) is 7.76. The third-order valence-electron chi connectivity index (χ3n) is 4.46. The van der Waals surface area contributed by atoms with Crippen LogP contribution in [0.2, 0.25) is 0 Å². The van der Waals surface area contributed by atoms with Gasteiger partial charge in [0, 0.05) is 5.56 Å². The Hall–Kier alpha value is -2.32. The molecule has 26 heavy (non-hydrogen) atoms. The van der Waals surface area contributed by atoms with Crippen LogP contribution in [0.25, 0.3) is 0 Å². The lowest BCUT2D eigenvalue weighted by Gasteiger charge is -2.30. The number of carbonyl (C=O) groups is 1. The molecule has 1 aromatic heterocycles. The first kappa shape index (κ1) is 18.5. The van der Waals surface area contributed by atoms with Gasteiger partial charge >= 0.3 is 6.18 Å². The number of quaternary nitrogens is 1. The number of carbonyl (C=O) groups excluding carboxylic acids is 1. The van der Waals surface area contributed by atoms with Crippen LogP contribution >= 0.6 is 0 Å². The van der Waals surface area contributed by atoms with Crippen LogP contribution in [0, 0.1) is 0 Å². The zero-order valence-electron chi connectivity index (χ0n) is 14.0. The third kappa shape index (κ3) is 4.44. The Balaban J connectivity index is 1.65. The van der Waals surface area contributed by atoms with E-state index in [1.54, 1.807) is 12.3 Å². The highest BCUT2D eigenvalue weighted by atomic mass is 19.4. The molecule has 0 aliphatic carbocycles. The average Bonchev–Trinajstić information content (AvgIpc) is 3.16. The number of nitrogens with one attached hydrogen (secondary N) is 2. The van der Waals surface area contributed by atoms with E-state index < -0.39 is 17.6 Å². The maximum atomic E-state index is 12.6.